The molecule has 0 bridgehead atoms. The smallest absolute Gasteiger partial charge is 0.373 e. The van der Waals surface area contributed by atoms with Crippen LogP contribution in [0.5, 0.6) is 0 Å². The summed E-state index contributed by atoms with van der Waals surface area (Å²) in [5.74, 6) is 0. The van der Waals surface area contributed by atoms with Crippen molar-refractivity contribution in [1.29, 1.82) is 0 Å². The first kappa shape index (κ1) is 30.2. The van der Waals surface area contributed by atoms with Crippen molar-refractivity contribution >= 4 is 23.3 Å². The minimum atomic E-state index is -3.12. The lowest BCUT2D eigenvalue weighted by Crippen LogP contribution is -2.71. The van der Waals surface area contributed by atoms with Gasteiger partial charge in [0.2, 0.25) is 0 Å². The van der Waals surface area contributed by atoms with Gasteiger partial charge >= 0.3 is 17.6 Å². The van der Waals surface area contributed by atoms with Gasteiger partial charge in [-0.3, -0.25) is 0 Å². The number of hydrogen-bond acceptors (Lipinski definition) is 7. The van der Waals surface area contributed by atoms with E-state index in [1.165, 1.54) is 0 Å². The zero-order chi connectivity index (χ0) is 24.7. The monoisotopic (exact) mass is 501 g/mol. The van der Waals surface area contributed by atoms with Crippen LogP contribution in [0.2, 0.25) is 0 Å². The first-order valence-corrected chi connectivity index (χ1v) is 16.3. The summed E-state index contributed by atoms with van der Waals surface area (Å²) in [4.78, 5) is 2.38. The highest BCUT2D eigenvalue weighted by atomic mass is 28.4. The molecule has 1 aromatic carbocycles. The van der Waals surface area contributed by atoms with Crippen molar-refractivity contribution in [3.8, 4) is 0 Å². The average Bonchev–Trinajstić information content (AvgIpc) is 2.80. The SMILES string of the molecule is CCO[Si](OCC)(OCC)C(CC)N(c1ccccc1)C(CC)[Si](OCC)(OCC)OCC. The maximum Gasteiger partial charge on any atom is 0.524 e. The van der Waals surface area contributed by atoms with E-state index in [1.807, 2.05) is 47.6 Å². The molecule has 0 fully saturated rings. The Hall–Kier alpha value is -0.786. The molecule has 0 saturated heterocycles. The molecule has 0 aromatic heterocycles. The lowest BCUT2D eigenvalue weighted by atomic mass is 10.2. The van der Waals surface area contributed by atoms with Gasteiger partial charge in [-0.2, -0.15) is 0 Å². The van der Waals surface area contributed by atoms with E-state index >= 15 is 0 Å². The van der Waals surface area contributed by atoms with Gasteiger partial charge < -0.3 is 31.5 Å². The second kappa shape index (κ2) is 16.0. The molecule has 0 saturated carbocycles. The van der Waals surface area contributed by atoms with Gasteiger partial charge in [0, 0.05) is 45.3 Å². The van der Waals surface area contributed by atoms with Gasteiger partial charge in [-0.1, -0.05) is 32.0 Å². The summed E-state index contributed by atoms with van der Waals surface area (Å²) >= 11 is 0. The van der Waals surface area contributed by atoms with Gasteiger partial charge in [-0.15, -0.1) is 0 Å². The van der Waals surface area contributed by atoms with Crippen molar-refractivity contribution in [1.82, 2.24) is 0 Å². The van der Waals surface area contributed by atoms with Gasteiger partial charge in [0.1, 0.15) is 0 Å². The highest BCUT2D eigenvalue weighted by Crippen LogP contribution is 2.35. The molecule has 0 amide bonds. The van der Waals surface area contributed by atoms with Crippen LogP contribution in [0.1, 0.15) is 68.2 Å². The number of anilines is 1. The molecule has 0 radical (unpaired) electrons. The molecule has 7 nitrogen and oxygen atoms in total. The quantitative estimate of drug-likeness (QED) is 0.241. The first-order chi connectivity index (χ1) is 16.0. The van der Waals surface area contributed by atoms with Crippen molar-refractivity contribution in [2.75, 3.05) is 44.5 Å². The van der Waals surface area contributed by atoms with Crippen molar-refractivity contribution in [3.05, 3.63) is 30.3 Å². The second-order valence-corrected chi connectivity index (χ2v) is 12.9. The Labute approximate surface area is 204 Å². The Balaban J connectivity index is 3.81. The molecule has 1 rings (SSSR count). The Bertz CT molecular complexity index is 556. The van der Waals surface area contributed by atoms with Crippen LogP contribution in [0.25, 0.3) is 0 Å². The molecule has 33 heavy (non-hydrogen) atoms. The van der Waals surface area contributed by atoms with E-state index in [1.54, 1.807) is 0 Å². The van der Waals surface area contributed by atoms with Crippen molar-refractivity contribution in [2.45, 2.75) is 79.6 Å². The zero-order valence-corrected chi connectivity index (χ0v) is 24.1. The largest absolute Gasteiger partial charge is 0.524 e. The highest BCUT2D eigenvalue weighted by molar-refractivity contribution is 6.65. The van der Waals surface area contributed by atoms with E-state index in [0.29, 0.717) is 39.6 Å². The van der Waals surface area contributed by atoms with Crippen molar-refractivity contribution < 1.29 is 26.6 Å². The summed E-state index contributed by atoms with van der Waals surface area (Å²) in [6.45, 7) is 19.4. The van der Waals surface area contributed by atoms with E-state index in [0.717, 1.165) is 18.5 Å². The fraction of sp³-hybridized carbons (Fsp3) is 0.750. The normalized spacial score (nSPS) is 14.3. The molecular weight excluding hydrogens is 454 g/mol. The predicted molar refractivity (Wildman–Crippen MR) is 138 cm³/mol. The molecule has 0 spiro atoms. The van der Waals surface area contributed by atoms with Gasteiger partial charge in [-0.25, -0.2) is 0 Å². The van der Waals surface area contributed by atoms with E-state index < -0.39 is 17.6 Å². The third-order valence-electron chi connectivity index (χ3n) is 5.39. The maximum atomic E-state index is 6.40. The number of rotatable bonds is 19. The Morgan fingerprint density at radius 2 is 0.848 bits per heavy atom. The second-order valence-electron chi connectivity index (χ2n) is 7.40. The van der Waals surface area contributed by atoms with E-state index in [2.05, 4.69) is 43.0 Å². The van der Waals surface area contributed by atoms with Crippen LogP contribution in [0, 0.1) is 0 Å². The average molecular weight is 502 g/mol. The molecule has 2 atom stereocenters. The van der Waals surface area contributed by atoms with Crippen LogP contribution in [0.3, 0.4) is 0 Å². The number of benzene rings is 1. The maximum absolute atomic E-state index is 6.40. The molecular formula is C24H47NO6Si2. The first-order valence-electron chi connectivity index (χ1n) is 12.7. The zero-order valence-electron chi connectivity index (χ0n) is 22.1. The van der Waals surface area contributed by atoms with Crippen LogP contribution in [0.4, 0.5) is 5.69 Å². The van der Waals surface area contributed by atoms with E-state index in [9.17, 15) is 0 Å². The molecule has 0 aliphatic carbocycles. The molecule has 0 aliphatic rings. The summed E-state index contributed by atoms with van der Waals surface area (Å²) in [5.41, 5.74) is 0.805. The molecule has 9 heteroatoms. The van der Waals surface area contributed by atoms with Crippen LogP contribution >= 0.6 is 0 Å². The predicted octanol–water partition coefficient (Wildman–Crippen LogP) is 5.23. The molecule has 0 heterocycles. The molecule has 2 unspecified atom stereocenters. The summed E-state index contributed by atoms with van der Waals surface area (Å²) in [7, 11) is -6.23. The van der Waals surface area contributed by atoms with Gasteiger partial charge in [0.25, 0.3) is 0 Å². The van der Waals surface area contributed by atoms with E-state index in [4.69, 9.17) is 26.6 Å². The third kappa shape index (κ3) is 7.60. The minimum Gasteiger partial charge on any atom is -0.373 e. The van der Waals surface area contributed by atoms with Crippen molar-refractivity contribution in [3.63, 3.8) is 0 Å². The Kier molecular flexibility index (Phi) is 14.7. The molecule has 0 N–H and O–H groups in total. The van der Waals surface area contributed by atoms with E-state index in [-0.39, 0.29) is 11.3 Å². The Morgan fingerprint density at radius 1 is 0.545 bits per heavy atom. The Morgan fingerprint density at radius 3 is 1.09 bits per heavy atom. The fourth-order valence-corrected chi connectivity index (χ4v) is 11.0. The third-order valence-corrected chi connectivity index (χ3v) is 12.5. The van der Waals surface area contributed by atoms with Gasteiger partial charge in [0.15, 0.2) is 0 Å². The summed E-state index contributed by atoms with van der Waals surface area (Å²) < 4.78 is 38.4. The van der Waals surface area contributed by atoms with Gasteiger partial charge in [-0.05, 0) is 66.5 Å². The highest BCUT2D eigenvalue weighted by Gasteiger charge is 2.59. The fourth-order valence-electron chi connectivity index (χ4n) is 4.45. The number of para-hydroxylation sites is 1. The summed E-state index contributed by atoms with van der Waals surface area (Å²) in [5, 5.41) is 0. The summed E-state index contributed by atoms with van der Waals surface area (Å²) in [6.07, 6.45) is 1.57. The molecule has 1 aromatic rings. The lowest BCUT2D eigenvalue weighted by Gasteiger charge is -2.48. The molecule has 0 aliphatic heterocycles. The van der Waals surface area contributed by atoms with Gasteiger partial charge in [0.05, 0.1) is 11.3 Å². The number of nitrogens with zero attached hydrogens (tertiary/aromatic N) is 1. The topological polar surface area (TPSA) is 58.6 Å². The summed E-state index contributed by atoms with van der Waals surface area (Å²) in [6, 6.07) is 10.4. The van der Waals surface area contributed by atoms with Crippen LogP contribution in [-0.2, 0) is 26.6 Å². The van der Waals surface area contributed by atoms with Crippen LogP contribution in [0.15, 0.2) is 30.3 Å². The van der Waals surface area contributed by atoms with Crippen LogP contribution in [-0.4, -0.2) is 68.6 Å². The number of hydrogen-bond donors (Lipinski definition) is 0. The lowest BCUT2D eigenvalue weighted by molar-refractivity contribution is 0.0505. The standard InChI is InChI=1S/C24H47NO6Si2/c1-9-23(32(26-11-3,27-12-4)28-13-5)25(22-20-18-17-19-21-22)24(10-2)33(29-14-6,30-15-7)31-16-8/h17-21,23-24H,9-16H2,1-8H3. The minimum absolute atomic E-state index is 0.127. The van der Waals surface area contributed by atoms with Crippen molar-refractivity contribution in [2.24, 2.45) is 0 Å². The van der Waals surface area contributed by atoms with Crippen LogP contribution < -0.4 is 4.90 Å². The molecule has 192 valence electrons.